The molecule has 1 atom stereocenters. The molecule has 0 bridgehead atoms. The van der Waals surface area contributed by atoms with E-state index in [1.54, 1.807) is 0 Å². The number of quaternary nitrogens is 1. The van der Waals surface area contributed by atoms with E-state index >= 15 is 0 Å². The summed E-state index contributed by atoms with van der Waals surface area (Å²) in [5.41, 5.74) is 0. The summed E-state index contributed by atoms with van der Waals surface area (Å²) in [7, 11) is 1.65. The number of phosphoric ester groups is 1. The number of hydrogen-bond acceptors (Lipinski definition) is 2. The molecule has 0 aliphatic rings. The Morgan fingerprint density at radius 3 is 1.26 bits per heavy atom. The average molecular weight is 465 g/mol. The first kappa shape index (κ1) is 31.1. The zero-order valence-corrected chi connectivity index (χ0v) is 22.2. The molecule has 0 aromatic carbocycles. The predicted octanol–water partition coefficient (Wildman–Crippen LogP) is 7.60. The Hall–Kier alpha value is 0.0700. The van der Waals surface area contributed by atoms with Gasteiger partial charge in [-0.15, -0.1) is 0 Å². The summed E-state index contributed by atoms with van der Waals surface area (Å²) in [5.74, 6) is 0. The van der Waals surface area contributed by atoms with E-state index in [9.17, 15) is 4.57 Å². The van der Waals surface area contributed by atoms with Crippen molar-refractivity contribution in [3.8, 4) is 0 Å². The molecule has 0 aliphatic heterocycles. The quantitative estimate of drug-likeness (QED) is 0.0928. The Balaban J connectivity index is 3.45. The van der Waals surface area contributed by atoms with Crippen LogP contribution in [0.4, 0.5) is 0 Å². The highest BCUT2D eigenvalue weighted by molar-refractivity contribution is 7.46. The lowest BCUT2D eigenvalue weighted by molar-refractivity contribution is -0.873. The largest absolute Gasteiger partial charge is 0.470 e. The van der Waals surface area contributed by atoms with E-state index in [0.29, 0.717) is 11.0 Å². The Kier molecular flexibility index (Phi) is 19.6. The second-order valence-electron chi connectivity index (χ2n) is 10.5. The van der Waals surface area contributed by atoms with Crippen LogP contribution in [-0.4, -0.2) is 48.1 Å². The highest BCUT2D eigenvalue weighted by atomic mass is 31.2. The molecule has 0 fully saturated rings. The van der Waals surface area contributed by atoms with Gasteiger partial charge in [-0.05, 0) is 6.42 Å². The van der Waals surface area contributed by atoms with Gasteiger partial charge in [-0.3, -0.25) is 4.52 Å². The second-order valence-corrected chi connectivity index (χ2v) is 11.7. The third-order valence-electron chi connectivity index (χ3n) is 5.92. The van der Waals surface area contributed by atoms with Crippen molar-refractivity contribution >= 4 is 7.82 Å². The van der Waals surface area contributed by atoms with Gasteiger partial charge < -0.3 is 14.3 Å². The van der Waals surface area contributed by atoms with Crippen molar-refractivity contribution in [2.75, 3.05) is 27.7 Å². The summed E-state index contributed by atoms with van der Waals surface area (Å²) in [6.45, 7) is 2.89. The van der Waals surface area contributed by atoms with Crippen LogP contribution in [0.15, 0.2) is 0 Å². The van der Waals surface area contributed by atoms with Gasteiger partial charge in [0, 0.05) is 0 Å². The average Bonchev–Trinajstić information content (AvgIpc) is 2.64. The van der Waals surface area contributed by atoms with Gasteiger partial charge >= 0.3 is 7.82 Å². The molecule has 0 amide bonds. The van der Waals surface area contributed by atoms with E-state index in [1.807, 2.05) is 21.1 Å². The molecular formula is C25H55NO4P+. The molecule has 0 aromatic rings. The summed E-state index contributed by atoms with van der Waals surface area (Å²) >= 11 is 0. The van der Waals surface area contributed by atoms with Crippen molar-refractivity contribution in [3.63, 3.8) is 0 Å². The van der Waals surface area contributed by atoms with E-state index in [-0.39, 0.29) is 6.10 Å². The lowest BCUT2D eigenvalue weighted by atomic mass is 10.0. The molecule has 0 spiro atoms. The Bertz CT molecular complexity index is 434. The summed E-state index contributed by atoms with van der Waals surface area (Å²) in [5, 5.41) is 0. The molecule has 1 unspecified atom stereocenters. The molecule has 0 heterocycles. The maximum Gasteiger partial charge on any atom is 0.470 e. The fraction of sp³-hybridized carbons (Fsp3) is 1.00. The van der Waals surface area contributed by atoms with Gasteiger partial charge in [0.05, 0.1) is 21.1 Å². The Labute approximate surface area is 194 Å². The molecule has 31 heavy (non-hydrogen) atoms. The van der Waals surface area contributed by atoms with Crippen LogP contribution < -0.4 is 0 Å². The monoisotopic (exact) mass is 464 g/mol. The number of unbranched alkanes of at least 4 members (excludes halogenated alkanes) is 17. The van der Waals surface area contributed by atoms with E-state index in [0.717, 1.165) is 19.3 Å². The molecule has 0 aliphatic carbocycles. The van der Waals surface area contributed by atoms with Gasteiger partial charge in [-0.25, -0.2) is 4.57 Å². The summed E-state index contributed by atoms with van der Waals surface area (Å²) < 4.78 is 16.8. The van der Waals surface area contributed by atoms with Crippen molar-refractivity contribution in [3.05, 3.63) is 0 Å². The molecule has 0 aromatic heterocycles. The summed E-state index contributed by atoms with van der Waals surface area (Å²) in [4.78, 5) is 18.2. The fourth-order valence-electron chi connectivity index (χ4n) is 4.26. The topological polar surface area (TPSA) is 66.8 Å². The van der Waals surface area contributed by atoms with Crippen LogP contribution in [-0.2, 0) is 9.09 Å². The predicted molar refractivity (Wildman–Crippen MR) is 133 cm³/mol. The van der Waals surface area contributed by atoms with Gasteiger partial charge in [0.2, 0.25) is 0 Å². The normalized spacial score (nSPS) is 13.6. The zero-order valence-electron chi connectivity index (χ0n) is 21.3. The van der Waals surface area contributed by atoms with Crippen molar-refractivity contribution in [2.45, 2.75) is 135 Å². The lowest BCUT2D eigenvalue weighted by Gasteiger charge is -2.29. The lowest BCUT2D eigenvalue weighted by Crippen LogP contribution is -2.42. The van der Waals surface area contributed by atoms with Crippen molar-refractivity contribution < 1.29 is 23.4 Å². The number of nitrogens with zero attached hydrogens (tertiary/aromatic N) is 1. The van der Waals surface area contributed by atoms with Gasteiger partial charge in [0.1, 0.15) is 12.6 Å². The van der Waals surface area contributed by atoms with Crippen molar-refractivity contribution in [1.29, 1.82) is 0 Å². The number of rotatable bonds is 23. The van der Waals surface area contributed by atoms with Gasteiger partial charge in [0.25, 0.3) is 0 Å². The van der Waals surface area contributed by atoms with Gasteiger partial charge in [0.15, 0.2) is 0 Å². The SMILES string of the molecule is CCCCCCCCCCCCCCCCCCCCC(C[N+](C)(C)C)OP(=O)(O)O. The second kappa shape index (κ2) is 19.5. The third kappa shape index (κ3) is 26.2. The molecular weight excluding hydrogens is 409 g/mol. The number of likely N-dealkylation sites (N-methyl/N-ethyl adjacent to an activating group) is 1. The van der Waals surface area contributed by atoms with E-state index in [4.69, 9.17) is 14.3 Å². The number of phosphoric acid groups is 1. The van der Waals surface area contributed by atoms with E-state index < -0.39 is 7.82 Å². The molecule has 188 valence electrons. The summed E-state index contributed by atoms with van der Waals surface area (Å²) in [6.07, 6.45) is 24.5. The molecule has 0 saturated heterocycles. The highest BCUT2D eigenvalue weighted by Crippen LogP contribution is 2.39. The van der Waals surface area contributed by atoms with Crippen LogP contribution in [0.1, 0.15) is 129 Å². The van der Waals surface area contributed by atoms with Crippen molar-refractivity contribution in [1.82, 2.24) is 0 Å². The summed E-state index contributed by atoms with van der Waals surface area (Å²) in [6, 6.07) is 0. The van der Waals surface area contributed by atoms with Crippen LogP contribution >= 0.6 is 7.82 Å². The molecule has 0 rings (SSSR count). The standard InChI is InChI=1S/C25H54NO4P/c1-5-6-7-8-9-10-11-12-13-14-15-16-17-18-19-20-21-22-23-25(24-26(2,3)4)30-31(27,28)29/h25H,5-24H2,1-4H3,(H-,27,28,29)/p+1. The zero-order chi connectivity index (χ0) is 23.4. The van der Waals surface area contributed by atoms with Gasteiger partial charge in [-0.2, -0.15) is 0 Å². The smallest absolute Gasteiger partial charge is 0.329 e. The molecule has 2 N–H and O–H groups in total. The third-order valence-corrected chi connectivity index (χ3v) is 6.49. The molecule has 0 radical (unpaired) electrons. The van der Waals surface area contributed by atoms with E-state index in [1.165, 1.54) is 103 Å². The van der Waals surface area contributed by atoms with Crippen molar-refractivity contribution in [2.24, 2.45) is 0 Å². The highest BCUT2D eigenvalue weighted by Gasteiger charge is 2.26. The van der Waals surface area contributed by atoms with Crippen LogP contribution in [0, 0.1) is 0 Å². The van der Waals surface area contributed by atoms with Gasteiger partial charge in [-0.1, -0.05) is 122 Å². The van der Waals surface area contributed by atoms with Crippen LogP contribution in [0.2, 0.25) is 0 Å². The first-order valence-corrected chi connectivity index (χ1v) is 14.7. The van der Waals surface area contributed by atoms with E-state index in [2.05, 4.69) is 6.92 Å². The minimum Gasteiger partial charge on any atom is -0.329 e. The Morgan fingerprint density at radius 2 is 0.968 bits per heavy atom. The maximum absolute atomic E-state index is 11.2. The van der Waals surface area contributed by atoms with Crippen LogP contribution in [0.25, 0.3) is 0 Å². The maximum atomic E-state index is 11.2. The number of hydrogen-bond donors (Lipinski definition) is 2. The minimum atomic E-state index is -4.41. The molecule has 6 heteroatoms. The Morgan fingerprint density at radius 1 is 0.645 bits per heavy atom. The fourth-order valence-corrected chi connectivity index (χ4v) is 4.82. The first-order chi connectivity index (χ1) is 14.6. The van der Waals surface area contributed by atoms with Crippen LogP contribution in [0.5, 0.6) is 0 Å². The molecule has 5 nitrogen and oxygen atoms in total. The first-order valence-electron chi connectivity index (χ1n) is 13.2. The molecule has 0 saturated carbocycles. The van der Waals surface area contributed by atoms with Crippen LogP contribution in [0.3, 0.4) is 0 Å². The minimum absolute atomic E-state index is 0.373.